The number of hydrogen-bond acceptors (Lipinski definition) is 6. The molecule has 0 aliphatic carbocycles. The summed E-state index contributed by atoms with van der Waals surface area (Å²) in [5.74, 6) is 0.423. The molecule has 0 saturated carbocycles. The number of piperidine rings is 1. The molecule has 2 aliphatic rings. The molecule has 2 saturated heterocycles. The molecule has 1 aromatic heterocycles. The SMILES string of the molecule is Cc1nc(CN2CCC(C(=O)NCCCN3CCN(Cc4ccccc4)CC3)CC2)cs1. The number of thiazole rings is 1. The number of carbonyl (C=O) groups excluding carboxylic acids is 1. The summed E-state index contributed by atoms with van der Waals surface area (Å²) in [6.45, 7) is 12.4. The van der Waals surface area contributed by atoms with Crippen LogP contribution in [0.3, 0.4) is 0 Å². The van der Waals surface area contributed by atoms with E-state index < -0.39 is 0 Å². The van der Waals surface area contributed by atoms with Crippen molar-refractivity contribution >= 4 is 17.2 Å². The quantitative estimate of drug-likeness (QED) is 0.589. The molecular formula is C25H37N5OS. The van der Waals surface area contributed by atoms with Crippen LogP contribution in [-0.2, 0) is 17.9 Å². The van der Waals surface area contributed by atoms with Crippen molar-refractivity contribution in [1.29, 1.82) is 0 Å². The summed E-state index contributed by atoms with van der Waals surface area (Å²) in [5.41, 5.74) is 2.56. The summed E-state index contributed by atoms with van der Waals surface area (Å²) >= 11 is 1.71. The third kappa shape index (κ3) is 7.10. The Morgan fingerprint density at radius 3 is 2.38 bits per heavy atom. The summed E-state index contributed by atoms with van der Waals surface area (Å²) in [7, 11) is 0. The summed E-state index contributed by atoms with van der Waals surface area (Å²) in [5, 5.41) is 6.47. The minimum absolute atomic E-state index is 0.171. The summed E-state index contributed by atoms with van der Waals surface area (Å²) in [6, 6.07) is 10.7. The smallest absolute Gasteiger partial charge is 0.223 e. The van der Waals surface area contributed by atoms with Gasteiger partial charge in [-0.2, -0.15) is 0 Å². The lowest BCUT2D eigenvalue weighted by Crippen LogP contribution is -2.46. The predicted octanol–water partition coefficient (Wildman–Crippen LogP) is 2.99. The van der Waals surface area contributed by atoms with E-state index in [1.807, 2.05) is 0 Å². The van der Waals surface area contributed by atoms with Crippen molar-refractivity contribution < 1.29 is 4.79 Å². The van der Waals surface area contributed by atoms with E-state index in [0.717, 1.165) is 95.4 Å². The Morgan fingerprint density at radius 1 is 1.00 bits per heavy atom. The molecule has 3 heterocycles. The van der Waals surface area contributed by atoms with Crippen molar-refractivity contribution in [3.05, 3.63) is 52.0 Å². The predicted molar refractivity (Wildman–Crippen MR) is 131 cm³/mol. The fourth-order valence-corrected chi connectivity index (χ4v) is 5.34. The number of benzene rings is 1. The Balaban J connectivity index is 1.05. The minimum Gasteiger partial charge on any atom is -0.356 e. The molecule has 1 aromatic carbocycles. The van der Waals surface area contributed by atoms with Crippen LogP contribution in [-0.4, -0.2) is 77.9 Å². The fraction of sp³-hybridized carbons (Fsp3) is 0.600. The van der Waals surface area contributed by atoms with Crippen LogP contribution in [0, 0.1) is 12.8 Å². The van der Waals surface area contributed by atoms with Gasteiger partial charge >= 0.3 is 0 Å². The standard InChI is InChI=1S/C25H37N5OS/c1-21-27-24(20-32-21)19-29-12-8-23(9-13-29)25(31)26-10-5-11-28-14-16-30(17-15-28)18-22-6-3-2-4-7-22/h2-4,6-7,20,23H,5,8-19H2,1H3,(H,26,31). The van der Waals surface area contributed by atoms with Crippen molar-refractivity contribution in [1.82, 2.24) is 25.0 Å². The van der Waals surface area contributed by atoms with E-state index in [-0.39, 0.29) is 11.8 Å². The number of nitrogens with one attached hydrogen (secondary N) is 1. The molecule has 0 spiro atoms. The summed E-state index contributed by atoms with van der Waals surface area (Å²) < 4.78 is 0. The molecule has 1 N–H and O–H groups in total. The second kappa shape index (κ2) is 11.9. The van der Waals surface area contributed by atoms with Gasteiger partial charge in [0.25, 0.3) is 0 Å². The lowest BCUT2D eigenvalue weighted by molar-refractivity contribution is -0.126. The molecule has 4 rings (SSSR count). The van der Waals surface area contributed by atoms with Gasteiger partial charge in [0.1, 0.15) is 0 Å². The highest BCUT2D eigenvalue weighted by Gasteiger charge is 2.25. The third-order valence-electron chi connectivity index (χ3n) is 6.67. The number of likely N-dealkylation sites (tertiary alicyclic amines) is 1. The summed E-state index contributed by atoms with van der Waals surface area (Å²) in [4.78, 5) is 24.6. The maximum Gasteiger partial charge on any atom is 0.223 e. The van der Waals surface area contributed by atoms with Crippen molar-refractivity contribution in [2.75, 3.05) is 52.4 Å². The largest absolute Gasteiger partial charge is 0.356 e. The van der Waals surface area contributed by atoms with Crippen LogP contribution in [0.2, 0.25) is 0 Å². The molecule has 0 bridgehead atoms. The number of rotatable bonds is 9. The first kappa shape index (κ1) is 23.4. The van der Waals surface area contributed by atoms with Gasteiger partial charge in [0.2, 0.25) is 5.91 Å². The topological polar surface area (TPSA) is 51.7 Å². The molecule has 174 valence electrons. The van der Waals surface area contributed by atoms with Gasteiger partial charge in [-0.05, 0) is 51.4 Å². The molecule has 0 unspecified atom stereocenters. The zero-order chi connectivity index (χ0) is 22.2. The molecule has 7 heteroatoms. The number of aromatic nitrogens is 1. The summed E-state index contributed by atoms with van der Waals surface area (Å²) in [6.07, 6.45) is 2.95. The van der Waals surface area contributed by atoms with E-state index >= 15 is 0 Å². The first-order valence-electron chi connectivity index (χ1n) is 12.1. The zero-order valence-electron chi connectivity index (χ0n) is 19.3. The van der Waals surface area contributed by atoms with Crippen molar-refractivity contribution in [3.63, 3.8) is 0 Å². The number of aryl methyl sites for hydroxylation is 1. The molecule has 2 aromatic rings. The van der Waals surface area contributed by atoms with Gasteiger partial charge in [0, 0.05) is 57.1 Å². The highest BCUT2D eigenvalue weighted by atomic mass is 32.1. The first-order chi connectivity index (χ1) is 15.7. The highest BCUT2D eigenvalue weighted by Crippen LogP contribution is 2.20. The van der Waals surface area contributed by atoms with Crippen molar-refractivity contribution in [2.45, 2.75) is 39.3 Å². The number of carbonyl (C=O) groups is 1. The maximum atomic E-state index is 12.6. The van der Waals surface area contributed by atoms with E-state index in [9.17, 15) is 4.79 Å². The van der Waals surface area contributed by atoms with E-state index in [1.54, 1.807) is 11.3 Å². The van der Waals surface area contributed by atoms with Crippen LogP contribution in [0.1, 0.15) is 35.5 Å². The van der Waals surface area contributed by atoms with Gasteiger partial charge in [-0.3, -0.25) is 14.6 Å². The molecule has 0 radical (unpaired) electrons. The van der Waals surface area contributed by atoms with Crippen molar-refractivity contribution in [2.24, 2.45) is 5.92 Å². The number of hydrogen-bond donors (Lipinski definition) is 1. The molecule has 1 amide bonds. The van der Waals surface area contributed by atoms with E-state index in [2.05, 4.69) is 67.6 Å². The normalized spacial score (nSPS) is 19.3. The van der Waals surface area contributed by atoms with Crippen LogP contribution in [0.25, 0.3) is 0 Å². The zero-order valence-corrected chi connectivity index (χ0v) is 20.2. The van der Waals surface area contributed by atoms with E-state index in [1.165, 1.54) is 5.56 Å². The Morgan fingerprint density at radius 2 is 1.69 bits per heavy atom. The third-order valence-corrected chi connectivity index (χ3v) is 7.50. The van der Waals surface area contributed by atoms with Gasteiger partial charge in [-0.1, -0.05) is 30.3 Å². The monoisotopic (exact) mass is 455 g/mol. The Kier molecular flexibility index (Phi) is 8.68. The average molecular weight is 456 g/mol. The molecule has 32 heavy (non-hydrogen) atoms. The number of nitrogens with zero attached hydrogens (tertiary/aromatic N) is 4. The molecule has 2 aliphatic heterocycles. The van der Waals surface area contributed by atoms with Gasteiger partial charge < -0.3 is 10.2 Å². The molecule has 6 nitrogen and oxygen atoms in total. The maximum absolute atomic E-state index is 12.6. The van der Waals surface area contributed by atoms with Gasteiger partial charge in [-0.25, -0.2) is 4.98 Å². The second-order valence-electron chi connectivity index (χ2n) is 9.16. The Labute approximate surface area is 196 Å². The highest BCUT2D eigenvalue weighted by molar-refractivity contribution is 7.09. The minimum atomic E-state index is 0.171. The van der Waals surface area contributed by atoms with Crippen LogP contribution in [0.15, 0.2) is 35.7 Å². The van der Waals surface area contributed by atoms with Crippen LogP contribution in [0.4, 0.5) is 0 Å². The number of amides is 1. The fourth-order valence-electron chi connectivity index (χ4n) is 4.73. The second-order valence-corrected chi connectivity index (χ2v) is 10.2. The molecule has 2 fully saturated rings. The molecule has 0 atom stereocenters. The van der Waals surface area contributed by atoms with Crippen LogP contribution in [0.5, 0.6) is 0 Å². The van der Waals surface area contributed by atoms with Gasteiger partial charge in [-0.15, -0.1) is 11.3 Å². The van der Waals surface area contributed by atoms with E-state index in [0.29, 0.717) is 0 Å². The molecular weight excluding hydrogens is 418 g/mol. The van der Waals surface area contributed by atoms with Gasteiger partial charge in [0.15, 0.2) is 0 Å². The lowest BCUT2D eigenvalue weighted by Gasteiger charge is -2.34. The van der Waals surface area contributed by atoms with E-state index in [4.69, 9.17) is 0 Å². The lowest BCUT2D eigenvalue weighted by atomic mass is 9.96. The van der Waals surface area contributed by atoms with Crippen LogP contribution >= 0.6 is 11.3 Å². The van der Waals surface area contributed by atoms with Crippen molar-refractivity contribution in [3.8, 4) is 0 Å². The number of piperazine rings is 1. The Hall–Kier alpha value is -1.80. The Bertz CT molecular complexity index is 826. The van der Waals surface area contributed by atoms with Gasteiger partial charge in [0.05, 0.1) is 10.7 Å². The van der Waals surface area contributed by atoms with Crippen LogP contribution < -0.4 is 5.32 Å². The first-order valence-corrected chi connectivity index (χ1v) is 12.9. The average Bonchev–Trinajstić information content (AvgIpc) is 3.23.